The standard InChI is InChI=1S/C7H10O2/c1-2-7-4-3-6(8)5-9-7/h1,6-8H,3-5H2/t6-,7-/m1/s1. The van der Waals surface area contributed by atoms with Gasteiger partial charge in [-0.2, -0.15) is 0 Å². The highest BCUT2D eigenvalue weighted by Gasteiger charge is 2.16. The summed E-state index contributed by atoms with van der Waals surface area (Å²) in [6.45, 7) is 0.398. The van der Waals surface area contributed by atoms with Gasteiger partial charge in [-0.15, -0.1) is 6.42 Å². The third kappa shape index (κ3) is 1.70. The fourth-order valence-electron chi connectivity index (χ4n) is 0.869. The summed E-state index contributed by atoms with van der Waals surface area (Å²) in [7, 11) is 0. The van der Waals surface area contributed by atoms with Gasteiger partial charge in [-0.05, 0) is 12.8 Å². The van der Waals surface area contributed by atoms with Crippen LogP contribution >= 0.6 is 0 Å². The van der Waals surface area contributed by atoms with Gasteiger partial charge in [0, 0.05) is 0 Å². The number of rotatable bonds is 0. The van der Waals surface area contributed by atoms with Gasteiger partial charge >= 0.3 is 0 Å². The molecule has 0 aliphatic carbocycles. The topological polar surface area (TPSA) is 29.5 Å². The first-order valence-corrected chi connectivity index (χ1v) is 3.08. The molecule has 1 aliphatic heterocycles. The first kappa shape index (κ1) is 6.60. The van der Waals surface area contributed by atoms with Crippen molar-refractivity contribution < 1.29 is 9.84 Å². The summed E-state index contributed by atoms with van der Waals surface area (Å²) in [5.41, 5.74) is 0. The first-order valence-electron chi connectivity index (χ1n) is 3.08. The quantitative estimate of drug-likeness (QED) is 0.468. The number of aliphatic hydroxyl groups excluding tert-OH is 1. The van der Waals surface area contributed by atoms with Gasteiger partial charge < -0.3 is 9.84 Å². The van der Waals surface area contributed by atoms with Crippen LogP contribution in [0.1, 0.15) is 12.8 Å². The maximum absolute atomic E-state index is 8.93. The van der Waals surface area contributed by atoms with Crippen molar-refractivity contribution in [3.63, 3.8) is 0 Å². The summed E-state index contributed by atoms with van der Waals surface area (Å²) in [5, 5.41) is 8.93. The van der Waals surface area contributed by atoms with Gasteiger partial charge in [-0.3, -0.25) is 0 Å². The summed E-state index contributed by atoms with van der Waals surface area (Å²) in [4.78, 5) is 0. The van der Waals surface area contributed by atoms with E-state index in [1.165, 1.54) is 0 Å². The van der Waals surface area contributed by atoms with Crippen LogP contribution in [0.15, 0.2) is 0 Å². The van der Waals surface area contributed by atoms with Crippen LogP contribution in [0, 0.1) is 12.3 Å². The van der Waals surface area contributed by atoms with Crippen molar-refractivity contribution in [1.29, 1.82) is 0 Å². The minimum Gasteiger partial charge on any atom is -0.391 e. The number of ether oxygens (including phenoxy) is 1. The van der Waals surface area contributed by atoms with Gasteiger partial charge in [-0.25, -0.2) is 0 Å². The highest BCUT2D eigenvalue weighted by atomic mass is 16.5. The molecule has 0 amide bonds. The van der Waals surface area contributed by atoms with Gasteiger partial charge in [0.05, 0.1) is 12.7 Å². The highest BCUT2D eigenvalue weighted by Crippen LogP contribution is 2.11. The van der Waals surface area contributed by atoms with Gasteiger partial charge in [-0.1, -0.05) is 5.92 Å². The maximum Gasteiger partial charge on any atom is 0.118 e. The summed E-state index contributed by atoms with van der Waals surface area (Å²) in [6, 6.07) is 0. The SMILES string of the molecule is C#C[C@@H]1CC[C@@H](O)CO1. The van der Waals surface area contributed by atoms with E-state index in [0.717, 1.165) is 12.8 Å². The van der Waals surface area contributed by atoms with Crippen LogP contribution in [-0.4, -0.2) is 23.9 Å². The molecule has 0 radical (unpaired) electrons. The summed E-state index contributed by atoms with van der Waals surface area (Å²) >= 11 is 0. The lowest BCUT2D eigenvalue weighted by Crippen LogP contribution is -2.27. The van der Waals surface area contributed by atoms with E-state index in [0.29, 0.717) is 6.61 Å². The Labute approximate surface area is 54.8 Å². The fourth-order valence-corrected chi connectivity index (χ4v) is 0.869. The van der Waals surface area contributed by atoms with E-state index in [1.54, 1.807) is 0 Å². The van der Waals surface area contributed by atoms with Gasteiger partial charge in [0.2, 0.25) is 0 Å². The Morgan fingerprint density at radius 3 is 2.78 bits per heavy atom. The second-order valence-corrected chi connectivity index (χ2v) is 2.22. The molecule has 1 rings (SSSR count). The summed E-state index contributed by atoms with van der Waals surface area (Å²) < 4.78 is 5.05. The Balaban J connectivity index is 2.28. The first-order chi connectivity index (χ1) is 4.33. The molecule has 2 atom stereocenters. The van der Waals surface area contributed by atoms with Crippen LogP contribution in [-0.2, 0) is 4.74 Å². The van der Waals surface area contributed by atoms with Crippen LogP contribution in [0.2, 0.25) is 0 Å². The monoisotopic (exact) mass is 126 g/mol. The summed E-state index contributed by atoms with van der Waals surface area (Å²) in [6.07, 6.45) is 6.30. The predicted molar refractivity (Wildman–Crippen MR) is 33.8 cm³/mol. The van der Waals surface area contributed by atoms with Crippen molar-refractivity contribution in [1.82, 2.24) is 0 Å². The molecule has 1 heterocycles. The Hall–Kier alpha value is -0.520. The average Bonchev–Trinajstić information content (AvgIpc) is 1.90. The summed E-state index contributed by atoms with van der Waals surface area (Å²) in [5.74, 6) is 2.49. The van der Waals surface area contributed by atoms with Crippen LogP contribution in [0.25, 0.3) is 0 Å². The molecule has 2 nitrogen and oxygen atoms in total. The van der Waals surface area contributed by atoms with Crippen molar-refractivity contribution in [2.75, 3.05) is 6.61 Å². The van der Waals surface area contributed by atoms with Crippen molar-refractivity contribution in [3.8, 4) is 12.3 Å². The zero-order valence-electron chi connectivity index (χ0n) is 5.21. The van der Waals surface area contributed by atoms with E-state index in [4.69, 9.17) is 16.3 Å². The van der Waals surface area contributed by atoms with E-state index in [-0.39, 0.29) is 12.2 Å². The van der Waals surface area contributed by atoms with Crippen LogP contribution in [0.3, 0.4) is 0 Å². The lowest BCUT2D eigenvalue weighted by atomic mass is 10.1. The average molecular weight is 126 g/mol. The molecule has 0 saturated carbocycles. The number of aliphatic hydroxyl groups is 1. The van der Waals surface area contributed by atoms with Crippen molar-refractivity contribution in [2.24, 2.45) is 0 Å². The Bertz CT molecular complexity index is 117. The number of hydrogen-bond donors (Lipinski definition) is 1. The molecule has 50 valence electrons. The molecule has 0 unspecified atom stereocenters. The van der Waals surface area contributed by atoms with Gasteiger partial charge in [0.1, 0.15) is 6.10 Å². The minimum absolute atomic E-state index is 0.0617. The van der Waals surface area contributed by atoms with Crippen molar-refractivity contribution in [3.05, 3.63) is 0 Å². The van der Waals surface area contributed by atoms with E-state index < -0.39 is 0 Å². The molecule has 0 bridgehead atoms. The smallest absolute Gasteiger partial charge is 0.118 e. The zero-order chi connectivity index (χ0) is 6.69. The molecule has 2 heteroatoms. The number of hydrogen-bond acceptors (Lipinski definition) is 2. The molecule has 9 heavy (non-hydrogen) atoms. The van der Waals surface area contributed by atoms with Gasteiger partial charge in [0.25, 0.3) is 0 Å². The van der Waals surface area contributed by atoms with Crippen LogP contribution in [0.5, 0.6) is 0 Å². The molecule has 0 spiro atoms. The second kappa shape index (κ2) is 2.86. The molecular formula is C7H10O2. The third-order valence-electron chi connectivity index (χ3n) is 1.44. The van der Waals surface area contributed by atoms with E-state index in [1.807, 2.05) is 0 Å². The largest absolute Gasteiger partial charge is 0.391 e. The molecular weight excluding hydrogens is 116 g/mol. The lowest BCUT2D eigenvalue weighted by Gasteiger charge is -2.21. The van der Waals surface area contributed by atoms with Crippen molar-refractivity contribution >= 4 is 0 Å². The molecule has 0 aromatic heterocycles. The van der Waals surface area contributed by atoms with E-state index in [9.17, 15) is 0 Å². The minimum atomic E-state index is -0.297. The normalized spacial score (nSPS) is 35.6. The molecule has 1 saturated heterocycles. The fraction of sp³-hybridized carbons (Fsp3) is 0.714. The van der Waals surface area contributed by atoms with E-state index >= 15 is 0 Å². The predicted octanol–water partition coefficient (Wildman–Crippen LogP) is 0.159. The highest BCUT2D eigenvalue weighted by molar-refractivity contribution is 4.96. The molecule has 1 fully saturated rings. The molecule has 0 aromatic rings. The number of terminal acetylenes is 1. The zero-order valence-corrected chi connectivity index (χ0v) is 5.21. The van der Waals surface area contributed by atoms with Gasteiger partial charge in [0.15, 0.2) is 0 Å². The molecule has 1 aliphatic rings. The second-order valence-electron chi connectivity index (χ2n) is 2.22. The maximum atomic E-state index is 8.93. The Kier molecular flexibility index (Phi) is 2.10. The van der Waals surface area contributed by atoms with Crippen LogP contribution in [0.4, 0.5) is 0 Å². The third-order valence-corrected chi connectivity index (χ3v) is 1.44. The molecule has 0 aromatic carbocycles. The van der Waals surface area contributed by atoms with E-state index in [2.05, 4.69) is 5.92 Å². The Morgan fingerprint density at radius 1 is 1.56 bits per heavy atom. The molecule has 1 N–H and O–H groups in total. The van der Waals surface area contributed by atoms with Crippen molar-refractivity contribution in [2.45, 2.75) is 25.0 Å². The van der Waals surface area contributed by atoms with Crippen LogP contribution < -0.4 is 0 Å². The Morgan fingerprint density at radius 2 is 2.33 bits per heavy atom. The lowest BCUT2D eigenvalue weighted by molar-refractivity contribution is -0.0321.